The van der Waals surface area contributed by atoms with Gasteiger partial charge in [0.1, 0.15) is 11.8 Å². The van der Waals surface area contributed by atoms with Gasteiger partial charge >= 0.3 is 0 Å². The number of primary amides is 1. The molecule has 0 fully saturated rings. The van der Waals surface area contributed by atoms with Gasteiger partial charge in [0.15, 0.2) is 9.84 Å². The van der Waals surface area contributed by atoms with Crippen LogP contribution in [0.25, 0.3) is 0 Å². The maximum absolute atomic E-state index is 11.9. The molecular weight excluding hydrogens is 304 g/mol. The van der Waals surface area contributed by atoms with Crippen molar-refractivity contribution in [1.82, 2.24) is 5.32 Å². The first-order valence-corrected chi connectivity index (χ1v) is 8.87. The highest BCUT2D eigenvalue weighted by Gasteiger charge is 2.23. The topological polar surface area (TPSA) is 106 Å². The monoisotopic (exact) mass is 326 g/mol. The van der Waals surface area contributed by atoms with Crippen molar-refractivity contribution in [3.05, 3.63) is 35.9 Å². The van der Waals surface area contributed by atoms with E-state index in [0.29, 0.717) is 12.0 Å². The van der Waals surface area contributed by atoms with Crippen LogP contribution in [0.3, 0.4) is 0 Å². The summed E-state index contributed by atoms with van der Waals surface area (Å²) in [6.45, 7) is 3.82. The lowest BCUT2D eigenvalue weighted by Crippen LogP contribution is -2.40. The summed E-state index contributed by atoms with van der Waals surface area (Å²) in [6.07, 6.45) is 0.494. The molecule has 0 aromatic heterocycles. The van der Waals surface area contributed by atoms with Crippen LogP contribution in [-0.2, 0) is 19.4 Å². The van der Waals surface area contributed by atoms with Gasteiger partial charge in [0.25, 0.3) is 0 Å². The fraction of sp³-hybridized carbons (Fsp3) is 0.467. The van der Waals surface area contributed by atoms with Crippen molar-refractivity contribution in [2.45, 2.75) is 26.3 Å². The SMILES string of the molecule is CC(C)CCS(=O)(=O)CC(=O)N[C@H](C(N)=O)c1ccccc1. The third-order valence-corrected chi connectivity index (χ3v) is 4.64. The molecule has 0 bridgehead atoms. The van der Waals surface area contributed by atoms with Crippen molar-refractivity contribution in [2.75, 3.05) is 11.5 Å². The average molecular weight is 326 g/mol. The number of amides is 2. The largest absolute Gasteiger partial charge is 0.368 e. The molecule has 0 aliphatic heterocycles. The van der Waals surface area contributed by atoms with Gasteiger partial charge < -0.3 is 11.1 Å². The Morgan fingerprint density at radius 1 is 1.18 bits per heavy atom. The molecule has 2 amide bonds. The van der Waals surface area contributed by atoms with Crippen LogP contribution in [0.15, 0.2) is 30.3 Å². The van der Waals surface area contributed by atoms with Gasteiger partial charge in [0.05, 0.1) is 5.75 Å². The zero-order valence-corrected chi connectivity index (χ0v) is 13.6. The van der Waals surface area contributed by atoms with Crippen LogP contribution >= 0.6 is 0 Å². The normalized spacial score (nSPS) is 12.9. The molecular formula is C15H22N2O4S. The first-order chi connectivity index (χ1) is 10.2. The molecule has 0 aliphatic rings. The van der Waals surface area contributed by atoms with E-state index >= 15 is 0 Å². The molecule has 1 aromatic rings. The fourth-order valence-electron chi connectivity index (χ4n) is 1.85. The van der Waals surface area contributed by atoms with E-state index in [2.05, 4.69) is 5.32 Å². The highest BCUT2D eigenvalue weighted by molar-refractivity contribution is 7.92. The molecule has 1 atom stereocenters. The lowest BCUT2D eigenvalue weighted by molar-refractivity contribution is -0.126. The Bertz CT molecular complexity index is 612. The van der Waals surface area contributed by atoms with Gasteiger partial charge in [-0.05, 0) is 17.9 Å². The smallest absolute Gasteiger partial charge is 0.244 e. The van der Waals surface area contributed by atoms with Gasteiger partial charge in [-0.3, -0.25) is 9.59 Å². The van der Waals surface area contributed by atoms with Crippen molar-refractivity contribution in [1.29, 1.82) is 0 Å². The fourth-order valence-corrected chi connectivity index (χ4v) is 3.31. The summed E-state index contributed by atoms with van der Waals surface area (Å²) in [4.78, 5) is 23.4. The highest BCUT2D eigenvalue weighted by Crippen LogP contribution is 2.12. The number of nitrogens with two attached hydrogens (primary N) is 1. The minimum Gasteiger partial charge on any atom is -0.368 e. The van der Waals surface area contributed by atoms with Gasteiger partial charge in [-0.2, -0.15) is 0 Å². The second-order valence-corrected chi connectivity index (χ2v) is 7.77. The van der Waals surface area contributed by atoms with Crippen molar-refractivity contribution in [3.63, 3.8) is 0 Å². The van der Waals surface area contributed by atoms with Gasteiger partial charge in [-0.15, -0.1) is 0 Å². The molecule has 0 heterocycles. The summed E-state index contributed by atoms with van der Waals surface area (Å²) in [5, 5.41) is 2.38. The standard InChI is InChI=1S/C15H22N2O4S/c1-11(2)8-9-22(20,21)10-13(18)17-14(15(16)19)12-6-4-3-5-7-12/h3-7,11,14H,8-10H2,1-2H3,(H2,16,19)(H,17,18)/t14-/m0/s1. The first kappa shape index (κ1) is 18.2. The summed E-state index contributed by atoms with van der Waals surface area (Å²) < 4.78 is 23.7. The van der Waals surface area contributed by atoms with Gasteiger partial charge in [0.2, 0.25) is 11.8 Å². The van der Waals surface area contributed by atoms with Crippen LogP contribution in [0.2, 0.25) is 0 Å². The average Bonchev–Trinajstić information content (AvgIpc) is 2.43. The molecule has 1 aromatic carbocycles. The van der Waals surface area contributed by atoms with Crippen LogP contribution < -0.4 is 11.1 Å². The number of carbonyl (C=O) groups excluding carboxylic acids is 2. The van der Waals surface area contributed by atoms with Crippen LogP contribution in [0, 0.1) is 5.92 Å². The molecule has 0 saturated heterocycles. The molecule has 1 rings (SSSR count). The summed E-state index contributed by atoms with van der Waals surface area (Å²) in [5.41, 5.74) is 5.79. The minimum absolute atomic E-state index is 0.0509. The number of rotatable bonds is 8. The molecule has 0 spiro atoms. The summed E-state index contributed by atoms with van der Waals surface area (Å²) >= 11 is 0. The van der Waals surface area contributed by atoms with E-state index in [1.165, 1.54) is 0 Å². The molecule has 3 N–H and O–H groups in total. The van der Waals surface area contributed by atoms with Crippen LogP contribution in [0.5, 0.6) is 0 Å². The van der Waals surface area contributed by atoms with E-state index in [9.17, 15) is 18.0 Å². The van der Waals surface area contributed by atoms with E-state index in [0.717, 1.165) is 0 Å². The minimum atomic E-state index is -3.49. The maximum Gasteiger partial charge on any atom is 0.244 e. The van der Waals surface area contributed by atoms with Crippen LogP contribution in [0.1, 0.15) is 31.9 Å². The molecule has 0 unspecified atom stereocenters. The van der Waals surface area contributed by atoms with E-state index in [1.807, 2.05) is 13.8 Å². The zero-order chi connectivity index (χ0) is 16.8. The molecule has 122 valence electrons. The molecule has 0 radical (unpaired) electrons. The van der Waals surface area contributed by atoms with Crippen LogP contribution in [0.4, 0.5) is 0 Å². The van der Waals surface area contributed by atoms with Gasteiger partial charge in [-0.1, -0.05) is 44.2 Å². The Labute approximate surface area is 131 Å². The third kappa shape index (κ3) is 6.26. The number of hydrogen-bond donors (Lipinski definition) is 2. The Morgan fingerprint density at radius 3 is 2.27 bits per heavy atom. The predicted molar refractivity (Wildman–Crippen MR) is 84.6 cm³/mol. The zero-order valence-electron chi connectivity index (χ0n) is 12.8. The van der Waals surface area contributed by atoms with Crippen molar-refractivity contribution in [3.8, 4) is 0 Å². The number of carbonyl (C=O) groups is 2. The Balaban J connectivity index is 2.71. The lowest BCUT2D eigenvalue weighted by atomic mass is 10.1. The maximum atomic E-state index is 11.9. The summed E-state index contributed by atoms with van der Waals surface area (Å²) in [6, 6.07) is 7.42. The number of hydrogen-bond acceptors (Lipinski definition) is 4. The van der Waals surface area contributed by atoms with E-state index in [4.69, 9.17) is 5.73 Å². The third-order valence-electron chi connectivity index (χ3n) is 3.08. The highest BCUT2D eigenvalue weighted by atomic mass is 32.2. The number of benzene rings is 1. The second kappa shape index (κ2) is 7.93. The van der Waals surface area contributed by atoms with E-state index < -0.39 is 33.4 Å². The van der Waals surface area contributed by atoms with Crippen molar-refractivity contribution in [2.24, 2.45) is 11.7 Å². The van der Waals surface area contributed by atoms with Gasteiger partial charge in [0, 0.05) is 0 Å². The Kier molecular flexibility index (Phi) is 6.55. The molecule has 0 aliphatic carbocycles. The van der Waals surface area contributed by atoms with Crippen molar-refractivity contribution >= 4 is 21.7 Å². The summed E-state index contributed by atoms with van der Waals surface area (Å²) in [7, 11) is -3.49. The number of nitrogens with one attached hydrogen (secondary N) is 1. The van der Waals surface area contributed by atoms with Gasteiger partial charge in [-0.25, -0.2) is 8.42 Å². The lowest BCUT2D eigenvalue weighted by Gasteiger charge is -2.16. The van der Waals surface area contributed by atoms with E-state index in [1.54, 1.807) is 30.3 Å². The first-order valence-electron chi connectivity index (χ1n) is 7.05. The quantitative estimate of drug-likeness (QED) is 0.736. The summed E-state index contributed by atoms with van der Waals surface area (Å²) in [5.74, 6) is -1.92. The molecule has 0 saturated carbocycles. The number of sulfone groups is 1. The second-order valence-electron chi connectivity index (χ2n) is 5.59. The predicted octanol–water partition coefficient (Wildman–Crippen LogP) is 0.790. The Hall–Kier alpha value is -1.89. The van der Waals surface area contributed by atoms with Crippen LogP contribution in [-0.4, -0.2) is 31.7 Å². The molecule has 7 heteroatoms. The van der Waals surface area contributed by atoms with E-state index in [-0.39, 0.29) is 11.7 Å². The molecule has 6 nitrogen and oxygen atoms in total. The van der Waals surface area contributed by atoms with Crippen molar-refractivity contribution < 1.29 is 18.0 Å². The Morgan fingerprint density at radius 2 is 1.77 bits per heavy atom. The molecule has 22 heavy (non-hydrogen) atoms.